The highest BCUT2D eigenvalue weighted by atomic mass is 16.5. The summed E-state index contributed by atoms with van der Waals surface area (Å²) in [4.78, 5) is 24.4. The zero-order valence-corrected chi connectivity index (χ0v) is 11.3. The van der Waals surface area contributed by atoms with Gasteiger partial charge in [0.25, 0.3) is 11.8 Å². The molecule has 19 heavy (non-hydrogen) atoms. The molecule has 0 aliphatic carbocycles. The third-order valence-corrected chi connectivity index (χ3v) is 3.20. The van der Waals surface area contributed by atoms with Gasteiger partial charge in [-0.1, -0.05) is 26.0 Å². The zero-order valence-electron chi connectivity index (χ0n) is 11.3. The molecule has 2 rings (SSSR count). The highest BCUT2D eigenvalue weighted by Crippen LogP contribution is 2.26. The van der Waals surface area contributed by atoms with Gasteiger partial charge in [-0.05, 0) is 17.5 Å². The van der Waals surface area contributed by atoms with Crippen molar-refractivity contribution in [3.63, 3.8) is 0 Å². The number of nitrogens with zero attached hydrogens (tertiary/aromatic N) is 1. The summed E-state index contributed by atoms with van der Waals surface area (Å²) in [6.07, 6.45) is 2.59. The topological polar surface area (TPSA) is 46.6 Å². The molecule has 1 heterocycles. The van der Waals surface area contributed by atoms with Crippen molar-refractivity contribution >= 4 is 11.8 Å². The van der Waals surface area contributed by atoms with Gasteiger partial charge in [-0.25, -0.2) is 0 Å². The number of hydrogen-bond acceptors (Lipinski definition) is 3. The van der Waals surface area contributed by atoms with Crippen molar-refractivity contribution in [3.05, 3.63) is 41.5 Å². The van der Waals surface area contributed by atoms with Crippen LogP contribution in [0.25, 0.3) is 0 Å². The molecule has 0 unspecified atom stereocenters. The summed E-state index contributed by atoms with van der Waals surface area (Å²) in [5.74, 6) is 0.522. The van der Waals surface area contributed by atoms with Crippen LogP contribution in [0.3, 0.4) is 0 Å². The normalized spacial score (nSPS) is 14.6. The van der Waals surface area contributed by atoms with E-state index in [1.54, 1.807) is 7.11 Å². The van der Waals surface area contributed by atoms with Crippen molar-refractivity contribution in [1.82, 2.24) is 4.90 Å². The Bertz CT molecular complexity index is 528. The first kappa shape index (κ1) is 13.3. The van der Waals surface area contributed by atoms with Gasteiger partial charge in [0, 0.05) is 17.7 Å². The van der Waals surface area contributed by atoms with Crippen LogP contribution < -0.4 is 4.74 Å². The Morgan fingerprint density at radius 1 is 1.16 bits per heavy atom. The van der Waals surface area contributed by atoms with Gasteiger partial charge in [0.15, 0.2) is 0 Å². The summed E-state index contributed by atoms with van der Waals surface area (Å²) in [5.41, 5.74) is 2.00. The first-order valence-electron chi connectivity index (χ1n) is 6.23. The summed E-state index contributed by atoms with van der Waals surface area (Å²) in [5, 5.41) is 0. The minimum Gasteiger partial charge on any atom is -0.496 e. The Labute approximate surface area is 112 Å². The minimum absolute atomic E-state index is 0.244. The maximum Gasteiger partial charge on any atom is 0.253 e. The quantitative estimate of drug-likeness (QED) is 0.779. The molecule has 0 atom stereocenters. The monoisotopic (exact) mass is 259 g/mol. The van der Waals surface area contributed by atoms with E-state index in [4.69, 9.17) is 4.74 Å². The summed E-state index contributed by atoms with van der Waals surface area (Å²) >= 11 is 0. The van der Waals surface area contributed by atoms with Crippen molar-refractivity contribution < 1.29 is 14.3 Å². The molecule has 0 N–H and O–H groups in total. The number of amides is 2. The van der Waals surface area contributed by atoms with E-state index < -0.39 is 0 Å². The van der Waals surface area contributed by atoms with E-state index in [1.165, 1.54) is 17.1 Å². The molecule has 2 amide bonds. The van der Waals surface area contributed by atoms with Crippen LogP contribution in [-0.4, -0.2) is 23.8 Å². The first-order valence-corrected chi connectivity index (χ1v) is 6.23. The zero-order chi connectivity index (χ0) is 14.0. The second-order valence-electron chi connectivity index (χ2n) is 4.82. The second kappa shape index (κ2) is 5.26. The molecule has 1 aliphatic heterocycles. The molecule has 0 aromatic heterocycles. The molecule has 4 heteroatoms. The SMILES string of the molecule is COc1ccc(C(C)C)cc1CN1C(=O)C=CC1=O. The number of carbonyl (C=O) groups is 2. The van der Waals surface area contributed by atoms with Gasteiger partial charge >= 0.3 is 0 Å². The molecular formula is C15H17NO3. The highest BCUT2D eigenvalue weighted by Gasteiger charge is 2.24. The Balaban J connectivity index is 2.30. The number of ether oxygens (including phenoxy) is 1. The standard InChI is InChI=1S/C15H17NO3/c1-10(2)11-4-5-13(19-3)12(8-11)9-16-14(17)6-7-15(16)18/h4-8,10H,9H2,1-3H3. The lowest BCUT2D eigenvalue weighted by Gasteiger charge is -2.18. The molecule has 100 valence electrons. The maximum absolute atomic E-state index is 11.6. The Kier molecular flexibility index (Phi) is 3.69. The van der Waals surface area contributed by atoms with Gasteiger partial charge in [-0.2, -0.15) is 0 Å². The predicted molar refractivity (Wildman–Crippen MR) is 71.8 cm³/mol. The van der Waals surface area contributed by atoms with Crippen molar-refractivity contribution in [2.24, 2.45) is 0 Å². The highest BCUT2D eigenvalue weighted by molar-refractivity contribution is 6.12. The fourth-order valence-corrected chi connectivity index (χ4v) is 2.04. The number of carbonyl (C=O) groups excluding carboxylic acids is 2. The van der Waals surface area contributed by atoms with E-state index in [2.05, 4.69) is 13.8 Å². The summed E-state index contributed by atoms with van der Waals surface area (Å²) in [7, 11) is 1.58. The lowest BCUT2D eigenvalue weighted by atomic mass is 10.00. The van der Waals surface area contributed by atoms with Crippen LogP contribution in [-0.2, 0) is 16.1 Å². The van der Waals surface area contributed by atoms with E-state index in [-0.39, 0.29) is 18.4 Å². The fraction of sp³-hybridized carbons (Fsp3) is 0.333. The number of methoxy groups -OCH3 is 1. The number of imide groups is 1. The lowest BCUT2D eigenvalue weighted by Crippen LogP contribution is -2.29. The van der Waals surface area contributed by atoms with Gasteiger partial charge in [-0.15, -0.1) is 0 Å². The van der Waals surface area contributed by atoms with Crippen LogP contribution >= 0.6 is 0 Å². The summed E-state index contributed by atoms with van der Waals surface area (Å²) in [6, 6.07) is 5.87. The average molecular weight is 259 g/mol. The maximum atomic E-state index is 11.6. The second-order valence-corrected chi connectivity index (χ2v) is 4.82. The molecular weight excluding hydrogens is 242 g/mol. The minimum atomic E-state index is -0.276. The van der Waals surface area contributed by atoms with E-state index >= 15 is 0 Å². The summed E-state index contributed by atoms with van der Waals surface area (Å²) < 4.78 is 5.29. The largest absolute Gasteiger partial charge is 0.496 e. The summed E-state index contributed by atoms with van der Waals surface area (Å²) in [6.45, 7) is 4.44. The fourth-order valence-electron chi connectivity index (χ4n) is 2.04. The molecule has 0 fully saturated rings. The van der Waals surface area contributed by atoms with Crippen LogP contribution in [0.2, 0.25) is 0 Å². The van der Waals surface area contributed by atoms with Crippen LogP contribution in [0.15, 0.2) is 30.4 Å². The van der Waals surface area contributed by atoms with Crippen molar-refractivity contribution in [1.29, 1.82) is 0 Å². The van der Waals surface area contributed by atoms with Crippen LogP contribution in [0.4, 0.5) is 0 Å². The molecule has 4 nitrogen and oxygen atoms in total. The van der Waals surface area contributed by atoms with Crippen molar-refractivity contribution in [2.75, 3.05) is 7.11 Å². The molecule has 0 saturated heterocycles. The van der Waals surface area contributed by atoms with Crippen molar-refractivity contribution in [2.45, 2.75) is 26.3 Å². The Morgan fingerprint density at radius 3 is 2.32 bits per heavy atom. The van der Waals surface area contributed by atoms with Gasteiger partial charge in [0.05, 0.1) is 13.7 Å². The van der Waals surface area contributed by atoms with Crippen LogP contribution in [0.5, 0.6) is 5.75 Å². The number of rotatable bonds is 4. The Hall–Kier alpha value is -2.10. The molecule has 1 aromatic carbocycles. The third kappa shape index (κ3) is 2.67. The van der Waals surface area contributed by atoms with E-state index in [0.717, 1.165) is 11.1 Å². The molecule has 1 aromatic rings. The average Bonchev–Trinajstić information content (AvgIpc) is 2.70. The molecule has 1 aliphatic rings. The Morgan fingerprint density at radius 2 is 1.79 bits per heavy atom. The van der Waals surface area contributed by atoms with E-state index in [9.17, 15) is 9.59 Å². The van der Waals surface area contributed by atoms with Gasteiger partial charge in [-0.3, -0.25) is 14.5 Å². The molecule has 0 radical (unpaired) electrons. The van der Waals surface area contributed by atoms with E-state index in [0.29, 0.717) is 11.7 Å². The molecule has 0 saturated carbocycles. The van der Waals surface area contributed by atoms with E-state index in [1.807, 2.05) is 18.2 Å². The molecule has 0 bridgehead atoms. The van der Waals surface area contributed by atoms with Crippen molar-refractivity contribution in [3.8, 4) is 5.75 Å². The lowest BCUT2D eigenvalue weighted by molar-refractivity contribution is -0.137. The predicted octanol–water partition coefficient (Wildman–Crippen LogP) is 2.24. The number of hydrogen-bond donors (Lipinski definition) is 0. The molecule has 0 spiro atoms. The first-order chi connectivity index (χ1) is 9.02. The van der Waals surface area contributed by atoms with Gasteiger partial charge in [0.1, 0.15) is 5.75 Å². The third-order valence-electron chi connectivity index (χ3n) is 3.20. The smallest absolute Gasteiger partial charge is 0.253 e. The van der Waals surface area contributed by atoms with Gasteiger partial charge in [0.2, 0.25) is 0 Å². The number of benzene rings is 1. The van der Waals surface area contributed by atoms with Gasteiger partial charge < -0.3 is 4.74 Å². The van der Waals surface area contributed by atoms with Crippen LogP contribution in [0.1, 0.15) is 30.9 Å². The van der Waals surface area contributed by atoms with Crippen LogP contribution in [0, 0.1) is 0 Å².